The Labute approximate surface area is 167 Å². The number of pyridine rings is 1. The van der Waals surface area contributed by atoms with Crippen LogP contribution >= 0.6 is 0 Å². The largest absolute Gasteiger partial charge is 0.491 e. The van der Waals surface area contributed by atoms with Crippen molar-refractivity contribution in [2.24, 2.45) is 4.99 Å². The topological polar surface area (TPSA) is 77.0 Å². The average Bonchev–Trinajstić information content (AvgIpc) is 2.71. The van der Waals surface area contributed by atoms with Gasteiger partial charge in [-0.1, -0.05) is 18.2 Å². The van der Waals surface area contributed by atoms with E-state index in [1.54, 1.807) is 14.2 Å². The van der Waals surface area contributed by atoms with Gasteiger partial charge >= 0.3 is 0 Å². The van der Waals surface area contributed by atoms with Crippen LogP contribution in [0.2, 0.25) is 0 Å². The molecule has 7 heteroatoms. The molecule has 0 atom stereocenters. The number of aromatic nitrogens is 1. The summed E-state index contributed by atoms with van der Waals surface area (Å²) in [6, 6.07) is 11.8. The molecule has 0 saturated carbocycles. The summed E-state index contributed by atoms with van der Waals surface area (Å²) in [6.07, 6.45) is 0. The van der Waals surface area contributed by atoms with Gasteiger partial charge in [-0.05, 0) is 31.5 Å². The maximum absolute atomic E-state index is 5.85. The first-order valence-electron chi connectivity index (χ1n) is 9.39. The van der Waals surface area contributed by atoms with Crippen LogP contribution in [0.15, 0.2) is 41.4 Å². The quantitative estimate of drug-likeness (QED) is 0.371. The van der Waals surface area contributed by atoms with Gasteiger partial charge in [0.05, 0.1) is 32.5 Å². The Hall–Kier alpha value is -2.80. The first kappa shape index (κ1) is 21.5. The van der Waals surface area contributed by atoms with E-state index in [0.717, 1.165) is 35.1 Å². The molecule has 0 saturated heterocycles. The van der Waals surface area contributed by atoms with E-state index >= 15 is 0 Å². The molecule has 0 amide bonds. The lowest BCUT2D eigenvalue weighted by atomic mass is 10.1. The van der Waals surface area contributed by atoms with Crippen LogP contribution in [0.4, 0.5) is 0 Å². The number of ether oxygens (including phenoxy) is 3. The minimum atomic E-state index is 0.503. The van der Waals surface area contributed by atoms with E-state index in [0.29, 0.717) is 32.2 Å². The molecule has 28 heavy (non-hydrogen) atoms. The van der Waals surface area contributed by atoms with E-state index in [1.165, 1.54) is 0 Å². The lowest BCUT2D eigenvalue weighted by Crippen LogP contribution is -2.37. The van der Waals surface area contributed by atoms with Crippen molar-refractivity contribution in [1.29, 1.82) is 0 Å². The van der Waals surface area contributed by atoms with Gasteiger partial charge in [0.25, 0.3) is 0 Å². The Kier molecular flexibility index (Phi) is 9.07. The molecule has 0 spiro atoms. The molecule has 0 unspecified atom stereocenters. The molecule has 1 aromatic heterocycles. The molecular formula is C21H30N4O3. The Morgan fingerprint density at radius 1 is 1.11 bits per heavy atom. The van der Waals surface area contributed by atoms with Gasteiger partial charge in [0.2, 0.25) is 5.88 Å². The van der Waals surface area contributed by atoms with Crippen LogP contribution in [0.25, 0.3) is 0 Å². The molecule has 2 N–H and O–H groups in total. The van der Waals surface area contributed by atoms with E-state index < -0.39 is 0 Å². The monoisotopic (exact) mass is 386 g/mol. The zero-order chi connectivity index (χ0) is 20.2. The summed E-state index contributed by atoms with van der Waals surface area (Å²) in [5, 5.41) is 6.56. The van der Waals surface area contributed by atoms with E-state index in [9.17, 15) is 0 Å². The number of hydrogen-bond acceptors (Lipinski definition) is 5. The fraction of sp³-hybridized carbons (Fsp3) is 0.429. The maximum atomic E-state index is 5.85. The van der Waals surface area contributed by atoms with Gasteiger partial charge in [-0.15, -0.1) is 0 Å². The summed E-state index contributed by atoms with van der Waals surface area (Å²) in [5.74, 6) is 2.15. The minimum absolute atomic E-state index is 0.503. The van der Waals surface area contributed by atoms with Crippen LogP contribution < -0.4 is 20.1 Å². The number of methoxy groups -OCH3 is 2. The number of guanidine groups is 1. The van der Waals surface area contributed by atoms with Crippen molar-refractivity contribution < 1.29 is 14.2 Å². The molecule has 2 rings (SSSR count). The molecule has 152 valence electrons. The number of benzene rings is 1. The van der Waals surface area contributed by atoms with Crippen molar-refractivity contribution in [3.63, 3.8) is 0 Å². The third-order valence-corrected chi connectivity index (χ3v) is 3.95. The number of hydrogen-bond donors (Lipinski definition) is 2. The number of aliphatic imine (C=N–C) groups is 1. The normalized spacial score (nSPS) is 11.2. The Morgan fingerprint density at radius 2 is 1.96 bits per heavy atom. The summed E-state index contributed by atoms with van der Waals surface area (Å²) in [7, 11) is 3.27. The fourth-order valence-electron chi connectivity index (χ4n) is 2.51. The molecule has 0 aliphatic carbocycles. The van der Waals surface area contributed by atoms with Gasteiger partial charge in [0, 0.05) is 25.3 Å². The molecule has 0 aliphatic heterocycles. The van der Waals surface area contributed by atoms with E-state index in [4.69, 9.17) is 14.2 Å². The molecule has 1 aromatic carbocycles. The minimum Gasteiger partial charge on any atom is -0.491 e. The summed E-state index contributed by atoms with van der Waals surface area (Å²) >= 11 is 0. The summed E-state index contributed by atoms with van der Waals surface area (Å²) < 4.78 is 16.1. The molecule has 7 nitrogen and oxygen atoms in total. The van der Waals surface area contributed by atoms with Crippen LogP contribution in [0.5, 0.6) is 11.6 Å². The van der Waals surface area contributed by atoms with Gasteiger partial charge in [0.1, 0.15) is 12.4 Å². The summed E-state index contributed by atoms with van der Waals surface area (Å²) in [4.78, 5) is 9.09. The Balaban J connectivity index is 2.05. The Morgan fingerprint density at radius 3 is 2.71 bits per heavy atom. The highest BCUT2D eigenvalue weighted by Crippen LogP contribution is 2.21. The molecule has 0 fully saturated rings. The SMILES string of the molecule is CCNC(=NCc1ccc(C)cc1OCCOC)NCc1cccc(OC)n1. The number of aryl methyl sites for hydroxylation is 1. The van der Waals surface area contributed by atoms with Crippen LogP contribution in [0, 0.1) is 6.92 Å². The van der Waals surface area contributed by atoms with Crippen molar-refractivity contribution in [2.75, 3.05) is 34.0 Å². The summed E-state index contributed by atoms with van der Waals surface area (Å²) in [5.41, 5.74) is 3.05. The second kappa shape index (κ2) is 11.8. The van der Waals surface area contributed by atoms with E-state index in [1.807, 2.05) is 44.2 Å². The highest BCUT2D eigenvalue weighted by atomic mass is 16.5. The lowest BCUT2D eigenvalue weighted by Gasteiger charge is -2.13. The molecule has 0 bridgehead atoms. The Bertz CT molecular complexity index is 765. The van der Waals surface area contributed by atoms with Crippen LogP contribution in [-0.2, 0) is 17.8 Å². The van der Waals surface area contributed by atoms with Crippen molar-refractivity contribution in [3.8, 4) is 11.6 Å². The summed E-state index contributed by atoms with van der Waals surface area (Å²) in [6.45, 7) is 6.96. The standard InChI is InChI=1S/C21H30N4O3/c1-5-22-21(24-15-18-7-6-8-20(25-18)27-4)23-14-17-10-9-16(2)13-19(17)28-12-11-26-3/h6-10,13H,5,11-12,14-15H2,1-4H3,(H2,22,23,24). The van der Waals surface area contributed by atoms with Crippen LogP contribution in [-0.4, -0.2) is 44.9 Å². The van der Waals surface area contributed by atoms with Gasteiger partial charge in [-0.2, -0.15) is 0 Å². The molecular weight excluding hydrogens is 356 g/mol. The molecule has 2 aromatic rings. The third-order valence-electron chi connectivity index (χ3n) is 3.95. The number of nitrogens with one attached hydrogen (secondary N) is 2. The first-order chi connectivity index (χ1) is 13.7. The molecule has 0 aliphatic rings. The van der Waals surface area contributed by atoms with Gasteiger partial charge < -0.3 is 24.8 Å². The number of nitrogens with zero attached hydrogens (tertiary/aromatic N) is 2. The average molecular weight is 386 g/mol. The lowest BCUT2D eigenvalue weighted by molar-refractivity contribution is 0.145. The highest BCUT2D eigenvalue weighted by molar-refractivity contribution is 5.79. The van der Waals surface area contributed by atoms with Crippen LogP contribution in [0.1, 0.15) is 23.7 Å². The molecule has 1 heterocycles. The van der Waals surface area contributed by atoms with Gasteiger partial charge in [-0.25, -0.2) is 9.98 Å². The molecule has 0 radical (unpaired) electrons. The second-order valence-electron chi connectivity index (χ2n) is 6.17. The van der Waals surface area contributed by atoms with Crippen LogP contribution in [0.3, 0.4) is 0 Å². The maximum Gasteiger partial charge on any atom is 0.213 e. The fourth-order valence-corrected chi connectivity index (χ4v) is 2.51. The zero-order valence-electron chi connectivity index (χ0n) is 17.1. The smallest absolute Gasteiger partial charge is 0.213 e. The van der Waals surface area contributed by atoms with Crippen molar-refractivity contribution in [1.82, 2.24) is 15.6 Å². The van der Waals surface area contributed by atoms with Gasteiger partial charge in [-0.3, -0.25) is 0 Å². The second-order valence-corrected chi connectivity index (χ2v) is 6.17. The highest BCUT2D eigenvalue weighted by Gasteiger charge is 2.06. The van der Waals surface area contributed by atoms with E-state index in [2.05, 4.69) is 26.7 Å². The van der Waals surface area contributed by atoms with Crippen molar-refractivity contribution in [2.45, 2.75) is 26.9 Å². The van der Waals surface area contributed by atoms with Crippen molar-refractivity contribution in [3.05, 3.63) is 53.2 Å². The predicted octanol–water partition coefficient (Wildman–Crippen LogP) is 2.68. The first-order valence-corrected chi connectivity index (χ1v) is 9.39. The van der Waals surface area contributed by atoms with E-state index in [-0.39, 0.29) is 0 Å². The third kappa shape index (κ3) is 7.08. The van der Waals surface area contributed by atoms with Gasteiger partial charge in [0.15, 0.2) is 5.96 Å². The number of rotatable bonds is 10. The van der Waals surface area contributed by atoms with Crippen molar-refractivity contribution >= 4 is 5.96 Å². The predicted molar refractivity (Wildman–Crippen MR) is 111 cm³/mol. The zero-order valence-corrected chi connectivity index (χ0v) is 17.1.